The molecule has 0 aromatic carbocycles. The summed E-state index contributed by atoms with van der Waals surface area (Å²) in [5.41, 5.74) is 14.5. The number of aromatic nitrogens is 2. The van der Waals surface area contributed by atoms with E-state index in [0.29, 0.717) is 28.6 Å². The van der Waals surface area contributed by atoms with Gasteiger partial charge in [-0.3, -0.25) is 4.99 Å². The maximum atomic E-state index is 6.38. The molecule has 3 rings (SSSR count). The van der Waals surface area contributed by atoms with E-state index in [0.717, 1.165) is 43.4 Å². The van der Waals surface area contributed by atoms with Crippen molar-refractivity contribution in [3.05, 3.63) is 23.1 Å². The zero-order valence-corrected chi connectivity index (χ0v) is 16.4. The summed E-state index contributed by atoms with van der Waals surface area (Å²) < 4.78 is 0. The molecule has 0 spiro atoms. The highest BCUT2D eigenvalue weighted by atomic mass is 35.5. The van der Waals surface area contributed by atoms with Crippen LogP contribution in [0.3, 0.4) is 0 Å². The van der Waals surface area contributed by atoms with E-state index >= 15 is 0 Å². The predicted molar refractivity (Wildman–Crippen MR) is 108 cm³/mol. The van der Waals surface area contributed by atoms with Gasteiger partial charge in [0.15, 0.2) is 0 Å². The Morgan fingerprint density at radius 3 is 2.65 bits per heavy atom. The third-order valence-corrected chi connectivity index (χ3v) is 5.66. The van der Waals surface area contributed by atoms with Crippen LogP contribution in [-0.4, -0.2) is 34.3 Å². The van der Waals surface area contributed by atoms with Crippen molar-refractivity contribution in [2.45, 2.75) is 63.5 Å². The first-order chi connectivity index (χ1) is 12.4. The molecule has 2 aliphatic carbocycles. The van der Waals surface area contributed by atoms with Gasteiger partial charge in [0.05, 0.1) is 16.9 Å². The molecule has 0 bridgehead atoms. The Hall–Kier alpha value is -1.66. The van der Waals surface area contributed by atoms with Gasteiger partial charge in [0, 0.05) is 36.1 Å². The Balaban J connectivity index is 1.76. The summed E-state index contributed by atoms with van der Waals surface area (Å²) in [6.45, 7) is 2.11. The molecule has 142 valence electrons. The fourth-order valence-corrected chi connectivity index (χ4v) is 3.65. The number of hydrogen-bond acceptors (Lipinski definition) is 6. The molecular weight excluding hydrogens is 348 g/mol. The van der Waals surface area contributed by atoms with Crippen LogP contribution in [0.1, 0.15) is 57.6 Å². The van der Waals surface area contributed by atoms with Crippen LogP contribution in [-0.2, 0) is 0 Å². The molecule has 5 N–H and O–H groups in total. The molecule has 7 heteroatoms. The molecule has 26 heavy (non-hydrogen) atoms. The van der Waals surface area contributed by atoms with E-state index in [1.54, 1.807) is 19.4 Å². The van der Waals surface area contributed by atoms with Crippen molar-refractivity contribution >= 4 is 28.8 Å². The normalized spacial score (nSPS) is 27.5. The van der Waals surface area contributed by atoms with Crippen LogP contribution in [0.2, 0.25) is 5.02 Å². The van der Waals surface area contributed by atoms with Crippen LogP contribution in [0.25, 0.3) is 5.57 Å². The summed E-state index contributed by atoms with van der Waals surface area (Å²) in [6, 6.07) is 0.330. The van der Waals surface area contributed by atoms with E-state index < -0.39 is 0 Å². The largest absolute Gasteiger partial charge is 0.404 e. The molecule has 0 unspecified atom stereocenters. The van der Waals surface area contributed by atoms with Crippen molar-refractivity contribution in [1.82, 2.24) is 9.97 Å². The number of nitrogens with one attached hydrogen (secondary N) is 1. The number of nitrogens with zero attached hydrogens (tertiary/aromatic N) is 3. The van der Waals surface area contributed by atoms with E-state index in [9.17, 15) is 0 Å². The standard InChI is InChI=1S/C19H29ClN6/c1-19(22)7-5-13(6-8-19)25-18-24-11-15(20)17(26-18)14(10-21)16(23-2)9-12-3-4-12/h10-13H,3-9,21-22H2,1-2H3,(H,24,25,26). The van der Waals surface area contributed by atoms with Gasteiger partial charge < -0.3 is 16.8 Å². The van der Waals surface area contributed by atoms with Crippen LogP contribution in [0, 0.1) is 5.92 Å². The molecule has 6 nitrogen and oxygen atoms in total. The zero-order chi connectivity index (χ0) is 18.7. The van der Waals surface area contributed by atoms with Gasteiger partial charge in [-0.25, -0.2) is 9.97 Å². The fraction of sp³-hybridized carbons (Fsp3) is 0.632. The molecule has 1 heterocycles. The number of rotatable bonds is 6. The predicted octanol–water partition coefficient (Wildman–Crippen LogP) is 3.37. The molecule has 0 radical (unpaired) electrons. The first-order valence-electron chi connectivity index (χ1n) is 9.38. The lowest BCUT2D eigenvalue weighted by atomic mass is 9.82. The first kappa shape index (κ1) is 19.1. The molecule has 0 amide bonds. The Morgan fingerprint density at radius 1 is 1.38 bits per heavy atom. The molecule has 1 aromatic rings. The highest BCUT2D eigenvalue weighted by molar-refractivity contribution is 6.35. The molecule has 0 aliphatic heterocycles. The molecule has 2 fully saturated rings. The molecule has 1 aromatic heterocycles. The second-order valence-corrected chi connectivity index (χ2v) is 8.27. The highest BCUT2D eigenvalue weighted by Gasteiger charge is 2.28. The summed E-state index contributed by atoms with van der Waals surface area (Å²) in [4.78, 5) is 13.4. The van der Waals surface area contributed by atoms with E-state index in [4.69, 9.17) is 23.1 Å². The van der Waals surface area contributed by atoms with Crippen LogP contribution >= 0.6 is 11.6 Å². The van der Waals surface area contributed by atoms with Crippen molar-refractivity contribution < 1.29 is 0 Å². The molecule has 0 saturated heterocycles. The van der Waals surface area contributed by atoms with Gasteiger partial charge in [0.2, 0.25) is 5.95 Å². The summed E-state index contributed by atoms with van der Waals surface area (Å²) in [6.07, 6.45) is 10.6. The number of anilines is 1. The topological polar surface area (TPSA) is 102 Å². The minimum atomic E-state index is -0.0606. The monoisotopic (exact) mass is 376 g/mol. The van der Waals surface area contributed by atoms with Gasteiger partial charge in [-0.2, -0.15) is 0 Å². The quantitative estimate of drug-likeness (QED) is 0.660. The van der Waals surface area contributed by atoms with Gasteiger partial charge in [-0.15, -0.1) is 0 Å². The van der Waals surface area contributed by atoms with Crippen molar-refractivity contribution in [2.75, 3.05) is 12.4 Å². The average molecular weight is 377 g/mol. The fourth-order valence-electron chi connectivity index (χ4n) is 3.46. The maximum absolute atomic E-state index is 6.38. The highest BCUT2D eigenvalue weighted by Crippen LogP contribution is 2.36. The van der Waals surface area contributed by atoms with Crippen LogP contribution in [0.15, 0.2) is 17.4 Å². The molecule has 0 atom stereocenters. The van der Waals surface area contributed by atoms with Crippen molar-refractivity contribution in [3.8, 4) is 0 Å². The van der Waals surface area contributed by atoms with Crippen molar-refractivity contribution in [2.24, 2.45) is 22.4 Å². The maximum Gasteiger partial charge on any atom is 0.223 e. The van der Waals surface area contributed by atoms with Crippen LogP contribution < -0.4 is 16.8 Å². The van der Waals surface area contributed by atoms with Gasteiger partial charge in [-0.05, 0) is 57.8 Å². The Kier molecular flexibility index (Phi) is 5.82. The number of halogens is 1. The lowest BCUT2D eigenvalue weighted by Gasteiger charge is -2.34. The summed E-state index contributed by atoms with van der Waals surface area (Å²) in [7, 11) is 1.79. The Labute approximate surface area is 160 Å². The minimum Gasteiger partial charge on any atom is -0.404 e. The van der Waals surface area contributed by atoms with Crippen LogP contribution in [0.5, 0.6) is 0 Å². The molecule has 2 saturated carbocycles. The smallest absolute Gasteiger partial charge is 0.223 e. The van der Waals surface area contributed by atoms with Gasteiger partial charge in [0.25, 0.3) is 0 Å². The summed E-state index contributed by atoms with van der Waals surface area (Å²) in [5, 5.41) is 3.92. The average Bonchev–Trinajstić information content (AvgIpc) is 3.43. The van der Waals surface area contributed by atoms with E-state index in [1.807, 2.05) is 0 Å². The summed E-state index contributed by atoms with van der Waals surface area (Å²) in [5.74, 6) is 1.28. The van der Waals surface area contributed by atoms with E-state index in [2.05, 4.69) is 27.2 Å². The van der Waals surface area contributed by atoms with Gasteiger partial charge >= 0.3 is 0 Å². The van der Waals surface area contributed by atoms with E-state index in [1.165, 1.54) is 12.8 Å². The second-order valence-electron chi connectivity index (χ2n) is 7.86. The lowest BCUT2D eigenvalue weighted by Crippen LogP contribution is -2.43. The van der Waals surface area contributed by atoms with Crippen molar-refractivity contribution in [3.63, 3.8) is 0 Å². The molecular formula is C19H29ClN6. The SMILES string of the molecule is CN=C(CC1CC1)C(=CN)c1nc(NC2CCC(C)(N)CC2)ncc1Cl. The third-order valence-electron chi connectivity index (χ3n) is 5.39. The third kappa shape index (κ3) is 4.74. The van der Waals surface area contributed by atoms with Crippen LogP contribution in [0.4, 0.5) is 5.95 Å². The number of hydrogen-bond donors (Lipinski definition) is 3. The first-order valence-corrected chi connectivity index (χ1v) is 9.76. The minimum absolute atomic E-state index is 0.0606. The Morgan fingerprint density at radius 2 is 2.08 bits per heavy atom. The zero-order valence-electron chi connectivity index (χ0n) is 15.6. The van der Waals surface area contributed by atoms with Crippen molar-refractivity contribution in [1.29, 1.82) is 0 Å². The number of nitrogens with two attached hydrogens (primary N) is 2. The summed E-state index contributed by atoms with van der Waals surface area (Å²) >= 11 is 6.38. The second kappa shape index (κ2) is 7.92. The number of allylic oxidation sites excluding steroid dienone is 1. The molecule has 2 aliphatic rings. The van der Waals surface area contributed by atoms with Gasteiger partial charge in [-0.1, -0.05) is 11.6 Å². The Bertz CT molecular complexity index is 698. The van der Waals surface area contributed by atoms with E-state index in [-0.39, 0.29) is 5.54 Å². The number of aliphatic imine (C=N–C) groups is 1. The lowest BCUT2D eigenvalue weighted by molar-refractivity contribution is 0.305. The van der Waals surface area contributed by atoms with Gasteiger partial charge in [0.1, 0.15) is 0 Å².